The average Bonchev–Trinajstić information content (AvgIpc) is 1.83. The van der Waals surface area contributed by atoms with Gasteiger partial charge >= 0.3 is 0 Å². The second-order valence-electron chi connectivity index (χ2n) is 3.68. The number of rotatable bonds is 1. The van der Waals surface area contributed by atoms with Gasteiger partial charge in [0.2, 0.25) is 0 Å². The van der Waals surface area contributed by atoms with Crippen LogP contribution in [0.3, 0.4) is 0 Å². The molecule has 60 valence electrons. The maximum Gasteiger partial charge on any atom is 0.108 e. The summed E-state index contributed by atoms with van der Waals surface area (Å²) in [5, 5.41) is 21.8. The zero-order chi connectivity index (χ0) is 7.95. The Morgan fingerprint density at radius 1 is 1.36 bits per heavy atom. The van der Waals surface area contributed by atoms with E-state index >= 15 is 0 Å². The second-order valence-corrected chi connectivity index (χ2v) is 3.68. The molecule has 2 aliphatic rings. The van der Waals surface area contributed by atoms with Crippen molar-refractivity contribution in [1.82, 2.24) is 5.32 Å². The molecule has 1 saturated heterocycles. The fourth-order valence-electron chi connectivity index (χ4n) is 1.91. The molecule has 1 heterocycles. The molecule has 0 amide bonds. The maximum atomic E-state index is 9.90. The van der Waals surface area contributed by atoms with Gasteiger partial charge in [-0.3, -0.25) is 0 Å². The Balaban J connectivity index is 2.18. The van der Waals surface area contributed by atoms with Gasteiger partial charge in [0, 0.05) is 13.1 Å². The Kier molecular flexibility index (Phi) is 1.26. The van der Waals surface area contributed by atoms with Crippen molar-refractivity contribution < 1.29 is 5.11 Å². The highest BCUT2D eigenvalue weighted by atomic mass is 16.3. The molecular weight excluding hydrogens is 140 g/mol. The molecule has 0 aromatic heterocycles. The molecule has 2 fully saturated rings. The summed E-state index contributed by atoms with van der Waals surface area (Å²) in [6.45, 7) is 1.20. The summed E-state index contributed by atoms with van der Waals surface area (Å²) < 4.78 is 0. The van der Waals surface area contributed by atoms with Crippen molar-refractivity contribution in [1.29, 1.82) is 5.26 Å². The molecule has 0 aromatic rings. The molecule has 3 heteroatoms. The number of nitriles is 1. The van der Waals surface area contributed by atoms with Gasteiger partial charge in [0.1, 0.15) is 5.60 Å². The number of hydrogen-bond acceptors (Lipinski definition) is 3. The van der Waals surface area contributed by atoms with Crippen LogP contribution < -0.4 is 5.32 Å². The third kappa shape index (κ3) is 0.688. The largest absolute Gasteiger partial charge is 0.386 e. The molecule has 3 nitrogen and oxygen atoms in total. The van der Waals surface area contributed by atoms with Crippen molar-refractivity contribution in [2.24, 2.45) is 5.41 Å². The van der Waals surface area contributed by atoms with Crippen molar-refractivity contribution in [2.75, 3.05) is 13.1 Å². The highest BCUT2D eigenvalue weighted by Gasteiger charge is 2.57. The number of hydrogen-bond donors (Lipinski definition) is 2. The predicted octanol–water partition coefficient (Wildman–Crippen LogP) is 0.0146. The van der Waals surface area contributed by atoms with Crippen molar-refractivity contribution >= 4 is 0 Å². The lowest BCUT2D eigenvalue weighted by molar-refractivity contribution is -0.126. The van der Waals surface area contributed by atoms with Crippen LogP contribution in [0.15, 0.2) is 0 Å². The summed E-state index contributed by atoms with van der Waals surface area (Å²) in [5.41, 5.74) is -1.11. The lowest BCUT2D eigenvalue weighted by atomic mass is 9.57. The first-order valence-electron chi connectivity index (χ1n) is 4.07. The van der Waals surface area contributed by atoms with Crippen LogP contribution in [0.5, 0.6) is 0 Å². The summed E-state index contributed by atoms with van der Waals surface area (Å²) in [7, 11) is 0. The minimum absolute atomic E-state index is 0.405. The van der Waals surface area contributed by atoms with Gasteiger partial charge in [0.25, 0.3) is 0 Å². The zero-order valence-corrected chi connectivity index (χ0v) is 6.43. The van der Waals surface area contributed by atoms with Gasteiger partial charge < -0.3 is 10.4 Å². The van der Waals surface area contributed by atoms with Crippen molar-refractivity contribution in [3.8, 4) is 6.07 Å². The molecule has 0 atom stereocenters. The standard InChI is InChI=1S/C8H12N2O/c9-4-7(2-1-3-7)8(11)5-10-6-8/h10-11H,1-3,5-6H2. The predicted molar refractivity (Wildman–Crippen MR) is 39.7 cm³/mol. The molecule has 1 saturated carbocycles. The van der Waals surface area contributed by atoms with E-state index in [9.17, 15) is 5.11 Å². The number of nitrogens with zero attached hydrogens (tertiary/aromatic N) is 1. The fourth-order valence-corrected chi connectivity index (χ4v) is 1.91. The molecule has 1 aliphatic heterocycles. The van der Waals surface area contributed by atoms with E-state index in [0.717, 1.165) is 19.3 Å². The van der Waals surface area contributed by atoms with Crippen LogP contribution in [0, 0.1) is 16.7 Å². The number of β-amino-alcohol motifs (C(OH)–C–C–N with tert-alkyl or cyclic N) is 1. The second kappa shape index (κ2) is 1.96. The van der Waals surface area contributed by atoms with Gasteiger partial charge in [0.15, 0.2) is 0 Å². The molecular formula is C8H12N2O. The molecule has 0 aromatic carbocycles. The van der Waals surface area contributed by atoms with Crippen LogP contribution in [-0.4, -0.2) is 23.8 Å². The first-order valence-corrected chi connectivity index (χ1v) is 4.07. The summed E-state index contributed by atoms with van der Waals surface area (Å²) in [6, 6.07) is 2.27. The van der Waals surface area contributed by atoms with E-state index in [0.29, 0.717) is 13.1 Å². The summed E-state index contributed by atoms with van der Waals surface area (Å²) >= 11 is 0. The Morgan fingerprint density at radius 3 is 2.09 bits per heavy atom. The molecule has 1 aliphatic carbocycles. The van der Waals surface area contributed by atoms with Gasteiger partial charge in [-0.05, 0) is 12.8 Å². The van der Waals surface area contributed by atoms with E-state index < -0.39 is 11.0 Å². The highest BCUT2D eigenvalue weighted by molar-refractivity contribution is 5.20. The quantitative estimate of drug-likeness (QED) is 0.556. The molecule has 0 radical (unpaired) electrons. The minimum Gasteiger partial charge on any atom is -0.386 e. The van der Waals surface area contributed by atoms with Gasteiger partial charge in [-0.1, -0.05) is 6.42 Å². The third-order valence-electron chi connectivity index (χ3n) is 3.15. The SMILES string of the molecule is N#CC1(C2(O)CNC2)CCC1. The monoisotopic (exact) mass is 152 g/mol. The van der Waals surface area contributed by atoms with E-state index in [1.165, 1.54) is 0 Å². The molecule has 2 N–H and O–H groups in total. The Hall–Kier alpha value is -0.590. The van der Waals surface area contributed by atoms with E-state index in [-0.39, 0.29) is 0 Å². The summed E-state index contributed by atoms with van der Waals surface area (Å²) in [5.74, 6) is 0. The van der Waals surface area contributed by atoms with Gasteiger partial charge in [0.05, 0.1) is 11.5 Å². The lowest BCUT2D eigenvalue weighted by Crippen LogP contribution is -2.69. The minimum atomic E-state index is -0.708. The van der Waals surface area contributed by atoms with Gasteiger partial charge in [-0.2, -0.15) is 5.26 Å². The molecule has 0 unspecified atom stereocenters. The first-order chi connectivity index (χ1) is 5.22. The van der Waals surface area contributed by atoms with Crippen LogP contribution in [0.2, 0.25) is 0 Å². The molecule has 0 bridgehead atoms. The highest BCUT2D eigenvalue weighted by Crippen LogP contribution is 2.50. The van der Waals surface area contributed by atoms with Crippen molar-refractivity contribution in [3.63, 3.8) is 0 Å². The first kappa shape index (κ1) is 7.08. The Labute approximate surface area is 66.0 Å². The van der Waals surface area contributed by atoms with Crippen LogP contribution in [0.25, 0.3) is 0 Å². The number of aliphatic hydroxyl groups is 1. The maximum absolute atomic E-state index is 9.90. The Morgan fingerprint density at radius 2 is 2.00 bits per heavy atom. The van der Waals surface area contributed by atoms with Crippen LogP contribution in [-0.2, 0) is 0 Å². The van der Waals surface area contributed by atoms with Crippen LogP contribution in [0.4, 0.5) is 0 Å². The van der Waals surface area contributed by atoms with Crippen LogP contribution in [0.1, 0.15) is 19.3 Å². The van der Waals surface area contributed by atoms with Crippen molar-refractivity contribution in [2.45, 2.75) is 24.9 Å². The van der Waals surface area contributed by atoms with Crippen molar-refractivity contribution in [3.05, 3.63) is 0 Å². The van der Waals surface area contributed by atoms with E-state index in [2.05, 4.69) is 11.4 Å². The van der Waals surface area contributed by atoms with Gasteiger partial charge in [-0.15, -0.1) is 0 Å². The molecule has 0 spiro atoms. The average molecular weight is 152 g/mol. The zero-order valence-electron chi connectivity index (χ0n) is 6.43. The fraction of sp³-hybridized carbons (Fsp3) is 0.875. The summed E-state index contributed by atoms with van der Waals surface area (Å²) in [6.07, 6.45) is 2.85. The Bertz CT molecular complexity index is 211. The smallest absolute Gasteiger partial charge is 0.108 e. The van der Waals surface area contributed by atoms with E-state index in [4.69, 9.17) is 5.26 Å². The van der Waals surface area contributed by atoms with E-state index in [1.807, 2.05) is 0 Å². The molecule has 2 rings (SSSR count). The topological polar surface area (TPSA) is 56.0 Å². The van der Waals surface area contributed by atoms with E-state index in [1.54, 1.807) is 0 Å². The summed E-state index contributed by atoms with van der Waals surface area (Å²) in [4.78, 5) is 0. The third-order valence-corrected chi connectivity index (χ3v) is 3.15. The normalized spacial score (nSPS) is 31.3. The van der Waals surface area contributed by atoms with Gasteiger partial charge in [-0.25, -0.2) is 0 Å². The molecule has 11 heavy (non-hydrogen) atoms. The lowest BCUT2D eigenvalue weighted by Gasteiger charge is -2.53. The number of nitrogens with one attached hydrogen (secondary N) is 1. The van der Waals surface area contributed by atoms with Crippen LogP contribution >= 0.6 is 0 Å².